The molecule has 0 heterocycles. The zero-order chi connectivity index (χ0) is 18.4. The molecule has 4 heteroatoms. The molecule has 0 saturated heterocycles. The Morgan fingerprint density at radius 1 is 0.885 bits per heavy atom. The minimum absolute atomic E-state index is 0.148. The number of rotatable bonds is 5. The van der Waals surface area contributed by atoms with Crippen LogP contribution in [0.3, 0.4) is 0 Å². The molecule has 0 radical (unpaired) electrons. The normalized spacial score (nSPS) is 11.2. The summed E-state index contributed by atoms with van der Waals surface area (Å²) in [4.78, 5) is 12.3. The summed E-state index contributed by atoms with van der Waals surface area (Å²) in [5.41, 5.74) is 6.50. The van der Waals surface area contributed by atoms with E-state index in [0.717, 1.165) is 11.1 Å². The Morgan fingerprint density at radius 2 is 1.50 bits per heavy atom. The lowest BCUT2D eigenvalue weighted by molar-refractivity contribution is 0.0955. The van der Waals surface area contributed by atoms with Gasteiger partial charge in [0.25, 0.3) is 5.91 Å². The highest BCUT2D eigenvalue weighted by Crippen LogP contribution is 2.20. The van der Waals surface area contributed by atoms with Crippen molar-refractivity contribution in [2.45, 2.75) is 13.3 Å². The minimum atomic E-state index is -0.286. The van der Waals surface area contributed by atoms with Gasteiger partial charge in [-0.25, -0.2) is 5.43 Å². The number of carbonyl (C=O) groups is 1. The Labute approximate surface area is 152 Å². The Morgan fingerprint density at radius 3 is 2.15 bits per heavy atom. The fourth-order valence-corrected chi connectivity index (χ4v) is 2.67. The van der Waals surface area contributed by atoms with Crippen LogP contribution in [0.2, 0.25) is 0 Å². The quantitative estimate of drug-likeness (QED) is 0.525. The minimum Gasteiger partial charge on any atom is -0.507 e. The van der Waals surface area contributed by atoms with Crippen LogP contribution in [0.5, 0.6) is 5.75 Å². The molecule has 0 bridgehead atoms. The lowest BCUT2D eigenvalue weighted by Crippen LogP contribution is -2.20. The molecule has 2 N–H and O–H groups in total. The molecular weight excluding hydrogens is 324 g/mol. The van der Waals surface area contributed by atoms with E-state index in [2.05, 4.69) is 10.5 Å². The summed E-state index contributed by atoms with van der Waals surface area (Å²) in [7, 11) is 0. The first-order valence-corrected chi connectivity index (χ1v) is 8.50. The van der Waals surface area contributed by atoms with Gasteiger partial charge in [0.05, 0.1) is 5.71 Å². The van der Waals surface area contributed by atoms with Crippen molar-refractivity contribution in [2.75, 3.05) is 0 Å². The molecule has 1 amide bonds. The summed E-state index contributed by atoms with van der Waals surface area (Å²) in [6, 6.07) is 24.3. The molecule has 0 atom stereocenters. The van der Waals surface area contributed by atoms with Crippen molar-refractivity contribution < 1.29 is 9.90 Å². The van der Waals surface area contributed by atoms with Gasteiger partial charge in [0.1, 0.15) is 5.75 Å². The highest BCUT2D eigenvalue weighted by molar-refractivity contribution is 6.04. The van der Waals surface area contributed by atoms with Crippen LogP contribution in [0.4, 0.5) is 0 Å². The van der Waals surface area contributed by atoms with Gasteiger partial charge in [-0.2, -0.15) is 5.10 Å². The third-order valence-corrected chi connectivity index (χ3v) is 4.10. The van der Waals surface area contributed by atoms with Gasteiger partial charge in [0.2, 0.25) is 0 Å². The average molecular weight is 344 g/mol. The molecule has 130 valence electrons. The second kappa shape index (κ2) is 8.12. The van der Waals surface area contributed by atoms with Crippen LogP contribution in [0.1, 0.15) is 29.3 Å². The predicted molar refractivity (Wildman–Crippen MR) is 104 cm³/mol. The lowest BCUT2D eigenvalue weighted by Gasteiger charge is -2.07. The summed E-state index contributed by atoms with van der Waals surface area (Å²) in [5, 5.41) is 14.1. The molecule has 0 unspecified atom stereocenters. The van der Waals surface area contributed by atoms with Crippen molar-refractivity contribution in [3.63, 3.8) is 0 Å². The Kier molecular flexibility index (Phi) is 5.44. The number of phenolic OH excluding ortho intramolecular Hbond substituents is 1. The summed E-state index contributed by atoms with van der Waals surface area (Å²) in [6.45, 7) is 1.92. The van der Waals surface area contributed by atoms with Gasteiger partial charge in [0, 0.05) is 11.1 Å². The average Bonchev–Trinajstić information content (AvgIpc) is 2.70. The van der Waals surface area contributed by atoms with Gasteiger partial charge < -0.3 is 5.11 Å². The van der Waals surface area contributed by atoms with Crippen molar-refractivity contribution in [3.8, 4) is 16.9 Å². The maximum atomic E-state index is 12.3. The molecule has 3 rings (SSSR count). The number of para-hydroxylation sites is 1. The van der Waals surface area contributed by atoms with Crippen LogP contribution in [0.15, 0.2) is 84.0 Å². The third-order valence-electron chi connectivity index (χ3n) is 4.10. The van der Waals surface area contributed by atoms with Gasteiger partial charge in [-0.3, -0.25) is 4.79 Å². The predicted octanol–water partition coefficient (Wildman–Crippen LogP) is 4.60. The highest BCUT2D eigenvalue weighted by Gasteiger charge is 2.09. The Hall–Kier alpha value is -3.40. The number of carbonyl (C=O) groups excluding carboxylic acids is 1. The van der Waals surface area contributed by atoms with Gasteiger partial charge in [0.15, 0.2) is 0 Å². The maximum absolute atomic E-state index is 12.3. The van der Waals surface area contributed by atoms with Gasteiger partial charge in [-0.15, -0.1) is 0 Å². The summed E-state index contributed by atoms with van der Waals surface area (Å²) >= 11 is 0. The fraction of sp³-hybridized carbons (Fsp3) is 0.0909. The largest absolute Gasteiger partial charge is 0.507 e. The van der Waals surface area contributed by atoms with Crippen molar-refractivity contribution in [3.05, 3.63) is 90.0 Å². The molecule has 0 aromatic heterocycles. The monoisotopic (exact) mass is 344 g/mol. The van der Waals surface area contributed by atoms with Crippen LogP contribution in [-0.2, 0) is 0 Å². The van der Waals surface area contributed by atoms with Crippen molar-refractivity contribution >= 4 is 11.6 Å². The van der Waals surface area contributed by atoms with Crippen LogP contribution in [-0.4, -0.2) is 16.7 Å². The molecule has 4 nitrogen and oxygen atoms in total. The van der Waals surface area contributed by atoms with Crippen molar-refractivity contribution in [1.82, 2.24) is 5.43 Å². The van der Waals surface area contributed by atoms with Gasteiger partial charge in [-0.05, 0) is 41.8 Å². The van der Waals surface area contributed by atoms with Crippen LogP contribution in [0.25, 0.3) is 11.1 Å². The first-order chi connectivity index (χ1) is 12.7. The summed E-state index contributed by atoms with van der Waals surface area (Å²) in [5.74, 6) is -0.138. The molecule has 3 aromatic rings. The number of amides is 1. The molecule has 26 heavy (non-hydrogen) atoms. The SMILES string of the molecule is CCC(=NNC(=O)c1ccc(-c2ccccc2)cc1)c1ccccc1O. The molecule has 0 aliphatic rings. The number of aromatic hydroxyl groups is 1. The van der Waals surface area contributed by atoms with E-state index in [-0.39, 0.29) is 11.7 Å². The highest BCUT2D eigenvalue weighted by atomic mass is 16.3. The number of nitrogens with one attached hydrogen (secondary N) is 1. The number of hydrazone groups is 1. The van der Waals surface area contributed by atoms with Crippen LogP contribution < -0.4 is 5.43 Å². The molecule has 0 aliphatic heterocycles. The van der Waals surface area contributed by atoms with E-state index in [1.165, 1.54) is 0 Å². The molecule has 0 saturated carbocycles. The Balaban J connectivity index is 1.74. The molecule has 0 aliphatic carbocycles. The third kappa shape index (κ3) is 3.98. The molecule has 0 spiro atoms. The van der Waals surface area contributed by atoms with E-state index in [1.54, 1.807) is 30.3 Å². The van der Waals surface area contributed by atoms with E-state index in [0.29, 0.717) is 23.3 Å². The van der Waals surface area contributed by atoms with Gasteiger partial charge >= 0.3 is 0 Å². The fourth-order valence-electron chi connectivity index (χ4n) is 2.67. The number of nitrogens with zero attached hydrogens (tertiary/aromatic N) is 1. The zero-order valence-corrected chi connectivity index (χ0v) is 14.5. The molecule has 0 fully saturated rings. The van der Waals surface area contributed by atoms with Gasteiger partial charge in [-0.1, -0.05) is 61.5 Å². The number of hydrogen-bond acceptors (Lipinski definition) is 3. The number of hydrogen-bond donors (Lipinski definition) is 2. The second-order valence-corrected chi connectivity index (χ2v) is 5.81. The number of phenols is 1. The van der Waals surface area contributed by atoms with E-state index < -0.39 is 0 Å². The van der Waals surface area contributed by atoms with Crippen molar-refractivity contribution in [2.24, 2.45) is 5.10 Å². The molecular formula is C22H20N2O2. The topological polar surface area (TPSA) is 61.7 Å². The lowest BCUT2D eigenvalue weighted by atomic mass is 10.0. The van der Waals surface area contributed by atoms with E-state index in [9.17, 15) is 9.90 Å². The smallest absolute Gasteiger partial charge is 0.271 e. The summed E-state index contributed by atoms with van der Waals surface area (Å²) in [6.07, 6.45) is 0.588. The Bertz CT molecular complexity index is 916. The zero-order valence-electron chi connectivity index (χ0n) is 14.5. The maximum Gasteiger partial charge on any atom is 0.271 e. The summed E-state index contributed by atoms with van der Waals surface area (Å²) < 4.78 is 0. The number of benzene rings is 3. The first kappa shape index (κ1) is 17.4. The van der Waals surface area contributed by atoms with E-state index >= 15 is 0 Å². The van der Waals surface area contributed by atoms with Crippen LogP contribution >= 0.6 is 0 Å². The van der Waals surface area contributed by atoms with Crippen molar-refractivity contribution in [1.29, 1.82) is 0 Å². The van der Waals surface area contributed by atoms with E-state index in [1.807, 2.05) is 55.5 Å². The molecule has 3 aromatic carbocycles. The standard InChI is InChI=1S/C22H20N2O2/c1-2-20(19-10-6-7-11-21(19)25)23-24-22(26)18-14-12-17(13-15-18)16-8-4-3-5-9-16/h3-15,25H,2H2,1H3,(H,24,26). The van der Waals surface area contributed by atoms with Crippen LogP contribution in [0, 0.1) is 0 Å². The first-order valence-electron chi connectivity index (χ1n) is 8.50. The van der Waals surface area contributed by atoms with E-state index in [4.69, 9.17) is 0 Å². The second-order valence-electron chi connectivity index (χ2n) is 5.81.